The summed E-state index contributed by atoms with van der Waals surface area (Å²) in [5.74, 6) is -0.964. The molecule has 2 saturated carbocycles. The predicted octanol–water partition coefficient (Wildman–Crippen LogP) is 0.454. The Morgan fingerprint density at radius 2 is 1.00 bits per heavy atom. The molecule has 2 heterocycles. The first-order valence-electron chi connectivity index (χ1n) is 9.87. The van der Waals surface area contributed by atoms with Crippen molar-refractivity contribution in [3.8, 4) is 0 Å². The second-order valence-corrected chi connectivity index (χ2v) is 8.05. The maximum atomic E-state index is 12.6. The highest BCUT2D eigenvalue weighted by atomic mass is 16.2. The van der Waals surface area contributed by atoms with Crippen LogP contribution in [0.15, 0.2) is 24.3 Å². The lowest BCUT2D eigenvalue weighted by molar-refractivity contribution is -0.123. The Labute approximate surface area is 162 Å². The van der Waals surface area contributed by atoms with Crippen LogP contribution in [0.4, 0.5) is 11.4 Å². The summed E-state index contributed by atoms with van der Waals surface area (Å²) in [5.41, 5.74) is 0.927. The Kier molecular flexibility index (Phi) is 4.06. The zero-order valence-electron chi connectivity index (χ0n) is 15.4. The lowest BCUT2D eigenvalue weighted by Crippen LogP contribution is -2.40. The summed E-state index contributed by atoms with van der Waals surface area (Å²) in [6, 6.07) is 6.23. The standard InChI is InChI=1S/C20H22N4O4/c25-17-9-15(21-11-1-2-11)19(27)23(17)13-5-7-14(8-6-13)24-18(26)10-16(20(24)28)22-12-3-4-12/h5-8,11-12,15-16,21-22H,1-4,9-10H2/t15-,16-/m0/s1. The Hall–Kier alpha value is -2.58. The smallest absolute Gasteiger partial charge is 0.251 e. The number of amides is 4. The number of hydrogen-bond donors (Lipinski definition) is 2. The van der Waals surface area contributed by atoms with Crippen LogP contribution in [0.5, 0.6) is 0 Å². The van der Waals surface area contributed by atoms with Crippen LogP contribution in [0.1, 0.15) is 38.5 Å². The molecule has 2 N–H and O–H groups in total. The van der Waals surface area contributed by atoms with E-state index in [1.54, 1.807) is 24.3 Å². The third kappa shape index (κ3) is 3.12. The molecule has 2 aliphatic carbocycles. The first kappa shape index (κ1) is 17.5. The van der Waals surface area contributed by atoms with Crippen molar-refractivity contribution in [2.24, 2.45) is 0 Å². The molecule has 146 valence electrons. The number of carbonyl (C=O) groups excluding carboxylic acids is 4. The van der Waals surface area contributed by atoms with Crippen LogP contribution in [0.2, 0.25) is 0 Å². The van der Waals surface area contributed by atoms with E-state index in [1.165, 1.54) is 9.80 Å². The third-order valence-electron chi connectivity index (χ3n) is 5.69. The van der Waals surface area contributed by atoms with Crippen molar-refractivity contribution in [1.82, 2.24) is 10.6 Å². The molecule has 1 aromatic carbocycles. The molecule has 8 heteroatoms. The number of nitrogens with one attached hydrogen (secondary N) is 2. The molecule has 0 radical (unpaired) electrons. The minimum absolute atomic E-state index is 0.161. The van der Waals surface area contributed by atoms with Gasteiger partial charge in [-0.2, -0.15) is 0 Å². The van der Waals surface area contributed by atoms with Gasteiger partial charge in [0.25, 0.3) is 11.8 Å². The first-order chi connectivity index (χ1) is 13.5. The molecule has 0 unspecified atom stereocenters. The zero-order valence-corrected chi connectivity index (χ0v) is 15.4. The fourth-order valence-electron chi connectivity index (χ4n) is 3.89. The van der Waals surface area contributed by atoms with Crippen molar-refractivity contribution in [3.63, 3.8) is 0 Å². The van der Waals surface area contributed by atoms with Crippen molar-refractivity contribution < 1.29 is 19.2 Å². The molecule has 0 bridgehead atoms. The fraction of sp³-hybridized carbons (Fsp3) is 0.500. The average Bonchev–Trinajstić information content (AvgIpc) is 3.57. The van der Waals surface area contributed by atoms with Crippen LogP contribution in [-0.2, 0) is 19.2 Å². The Morgan fingerprint density at radius 3 is 1.32 bits per heavy atom. The van der Waals surface area contributed by atoms with E-state index in [2.05, 4.69) is 10.6 Å². The maximum absolute atomic E-state index is 12.6. The van der Waals surface area contributed by atoms with Gasteiger partial charge in [-0.15, -0.1) is 0 Å². The van der Waals surface area contributed by atoms with Crippen molar-refractivity contribution in [1.29, 1.82) is 0 Å². The molecule has 2 saturated heterocycles. The van der Waals surface area contributed by atoms with Gasteiger partial charge >= 0.3 is 0 Å². The first-order valence-corrected chi connectivity index (χ1v) is 9.87. The normalized spacial score (nSPS) is 28.0. The number of anilines is 2. The molecule has 4 aliphatic rings. The second-order valence-electron chi connectivity index (χ2n) is 8.05. The largest absolute Gasteiger partial charge is 0.303 e. The lowest BCUT2D eigenvalue weighted by Gasteiger charge is -2.19. The second kappa shape index (κ2) is 6.49. The van der Waals surface area contributed by atoms with Crippen molar-refractivity contribution in [2.45, 2.75) is 62.7 Å². The summed E-state index contributed by atoms with van der Waals surface area (Å²) in [5, 5.41) is 6.42. The molecule has 0 aromatic heterocycles. The number of rotatable bonds is 6. The molecule has 4 fully saturated rings. The molecule has 8 nitrogen and oxygen atoms in total. The van der Waals surface area contributed by atoms with Gasteiger partial charge in [0.15, 0.2) is 0 Å². The summed E-state index contributed by atoms with van der Waals surface area (Å²) >= 11 is 0. The highest BCUT2D eigenvalue weighted by molar-refractivity contribution is 6.24. The van der Waals surface area contributed by atoms with E-state index in [0.717, 1.165) is 25.7 Å². The highest BCUT2D eigenvalue weighted by Gasteiger charge is 2.43. The van der Waals surface area contributed by atoms with Crippen molar-refractivity contribution in [3.05, 3.63) is 24.3 Å². The topological polar surface area (TPSA) is 98.8 Å². The van der Waals surface area contributed by atoms with Gasteiger partial charge in [-0.1, -0.05) is 0 Å². The lowest BCUT2D eigenvalue weighted by atomic mass is 10.2. The minimum atomic E-state index is -0.462. The van der Waals surface area contributed by atoms with E-state index in [4.69, 9.17) is 0 Å². The molecular weight excluding hydrogens is 360 g/mol. The molecule has 1 aromatic rings. The fourth-order valence-corrected chi connectivity index (χ4v) is 3.89. The molecule has 2 aliphatic heterocycles. The van der Waals surface area contributed by atoms with Crippen molar-refractivity contribution >= 4 is 35.0 Å². The molecule has 4 amide bonds. The summed E-state index contributed by atoms with van der Waals surface area (Å²) in [6.07, 6.45) is 4.49. The van der Waals surface area contributed by atoms with Gasteiger partial charge in [0.2, 0.25) is 11.8 Å². The number of nitrogens with zero attached hydrogens (tertiary/aromatic N) is 2. The van der Waals surface area contributed by atoms with E-state index in [0.29, 0.717) is 23.5 Å². The number of hydrogen-bond acceptors (Lipinski definition) is 6. The SMILES string of the molecule is O=C1C[C@H](NC2CC2)C(=O)N1c1ccc(N2C(=O)C[C@H](NC3CC3)C2=O)cc1. The van der Waals surface area contributed by atoms with E-state index < -0.39 is 12.1 Å². The van der Waals surface area contributed by atoms with E-state index >= 15 is 0 Å². The van der Waals surface area contributed by atoms with Gasteiger partial charge in [0, 0.05) is 12.1 Å². The van der Waals surface area contributed by atoms with Gasteiger partial charge in [-0.25, -0.2) is 9.80 Å². The Balaban J connectivity index is 1.31. The van der Waals surface area contributed by atoms with Crippen molar-refractivity contribution in [2.75, 3.05) is 9.80 Å². The van der Waals surface area contributed by atoms with Crippen LogP contribution in [0.25, 0.3) is 0 Å². The van der Waals surface area contributed by atoms with E-state index in [-0.39, 0.29) is 36.5 Å². The quantitative estimate of drug-likeness (QED) is 0.694. The molecule has 5 rings (SSSR count). The summed E-state index contributed by atoms with van der Waals surface area (Å²) in [6.45, 7) is 0. The summed E-state index contributed by atoms with van der Waals surface area (Å²) in [4.78, 5) is 52.2. The van der Waals surface area contributed by atoms with E-state index in [9.17, 15) is 19.2 Å². The van der Waals surface area contributed by atoms with Crippen LogP contribution in [0, 0.1) is 0 Å². The summed E-state index contributed by atoms with van der Waals surface area (Å²) < 4.78 is 0. The maximum Gasteiger partial charge on any atom is 0.251 e. The van der Waals surface area contributed by atoms with Gasteiger partial charge in [-0.05, 0) is 49.9 Å². The van der Waals surface area contributed by atoms with Gasteiger partial charge in [0.1, 0.15) is 0 Å². The summed E-state index contributed by atoms with van der Waals surface area (Å²) in [7, 11) is 0. The predicted molar refractivity (Wildman–Crippen MR) is 101 cm³/mol. The van der Waals surface area contributed by atoms with Crippen LogP contribution in [0.3, 0.4) is 0 Å². The minimum Gasteiger partial charge on any atom is -0.303 e. The van der Waals surface area contributed by atoms with Crippen LogP contribution >= 0.6 is 0 Å². The molecule has 28 heavy (non-hydrogen) atoms. The third-order valence-corrected chi connectivity index (χ3v) is 5.69. The van der Waals surface area contributed by atoms with Crippen LogP contribution < -0.4 is 20.4 Å². The number of imide groups is 2. The average molecular weight is 382 g/mol. The zero-order chi connectivity index (χ0) is 19.4. The van der Waals surface area contributed by atoms with Gasteiger partial charge in [-0.3, -0.25) is 19.2 Å². The number of carbonyl (C=O) groups is 4. The van der Waals surface area contributed by atoms with Gasteiger partial charge in [0.05, 0.1) is 36.3 Å². The molecule has 0 spiro atoms. The van der Waals surface area contributed by atoms with E-state index in [1.807, 2.05) is 0 Å². The van der Waals surface area contributed by atoms with Crippen LogP contribution in [-0.4, -0.2) is 47.8 Å². The Bertz CT molecular complexity index is 788. The van der Waals surface area contributed by atoms with Gasteiger partial charge < -0.3 is 10.6 Å². The molecule has 2 atom stereocenters. The molecular formula is C20H22N4O4. The Morgan fingerprint density at radius 1 is 0.643 bits per heavy atom. The monoisotopic (exact) mass is 382 g/mol. The highest BCUT2D eigenvalue weighted by Crippen LogP contribution is 2.30. The number of benzene rings is 1.